The minimum Gasteiger partial charge on any atom is -0.302 e. The molecule has 0 N–H and O–H groups in total. The van der Waals surface area contributed by atoms with Crippen LogP contribution in [0.5, 0.6) is 0 Å². The molecule has 0 amide bonds. The summed E-state index contributed by atoms with van der Waals surface area (Å²) in [6.45, 7) is 0.520. The molecule has 0 atom stereocenters. The Labute approximate surface area is 86.0 Å². The van der Waals surface area contributed by atoms with Crippen LogP contribution in [0, 0.1) is 0 Å². The minimum absolute atomic E-state index is 0.0880. The summed E-state index contributed by atoms with van der Waals surface area (Å²) < 4.78 is 36.0. The summed E-state index contributed by atoms with van der Waals surface area (Å²) in [5, 5.41) is 0. The molecule has 0 aromatic carbocycles. The van der Waals surface area contributed by atoms with Gasteiger partial charge in [-0.15, -0.1) is 0 Å². The lowest BCUT2D eigenvalue weighted by atomic mass is 10.2. The van der Waals surface area contributed by atoms with Crippen molar-refractivity contribution in [3.05, 3.63) is 23.8 Å². The Morgan fingerprint density at radius 2 is 1.73 bits per heavy atom. The van der Waals surface area contributed by atoms with Crippen LogP contribution in [0.3, 0.4) is 0 Å². The zero-order valence-corrected chi connectivity index (χ0v) is 8.54. The van der Waals surface area contributed by atoms with Gasteiger partial charge in [-0.1, -0.05) is 0 Å². The molecular formula is C9H12F3N3. The second-order valence-corrected chi connectivity index (χ2v) is 3.54. The molecule has 15 heavy (non-hydrogen) atoms. The van der Waals surface area contributed by atoms with Gasteiger partial charge in [0.25, 0.3) is 0 Å². The minimum atomic E-state index is -4.20. The molecule has 6 heteroatoms. The predicted molar refractivity (Wildman–Crippen MR) is 49.2 cm³/mol. The van der Waals surface area contributed by atoms with E-state index in [1.54, 1.807) is 0 Å². The number of aromatic nitrogens is 2. The van der Waals surface area contributed by atoms with Gasteiger partial charge in [-0.2, -0.15) is 13.2 Å². The molecule has 0 aliphatic carbocycles. The van der Waals surface area contributed by atoms with Gasteiger partial charge in [0.05, 0.1) is 13.0 Å². The summed E-state index contributed by atoms with van der Waals surface area (Å²) in [5.74, 6) is 0.519. The highest BCUT2D eigenvalue weighted by atomic mass is 19.4. The number of rotatable bonds is 3. The Kier molecular flexibility index (Phi) is 3.62. The standard InChI is InChI=1S/C9H12F3N3/c1-15(2)6-8-13-4-7(5-14-8)3-9(10,11)12/h4-5H,3,6H2,1-2H3. The molecule has 0 aliphatic heterocycles. The van der Waals surface area contributed by atoms with Crippen molar-refractivity contribution < 1.29 is 13.2 Å². The molecule has 1 rings (SSSR count). The smallest absolute Gasteiger partial charge is 0.302 e. The van der Waals surface area contributed by atoms with Crippen LogP contribution in [0.25, 0.3) is 0 Å². The molecule has 0 saturated carbocycles. The van der Waals surface area contributed by atoms with Gasteiger partial charge in [0.15, 0.2) is 0 Å². The molecule has 0 unspecified atom stereocenters. The van der Waals surface area contributed by atoms with E-state index >= 15 is 0 Å². The van der Waals surface area contributed by atoms with Crippen molar-refractivity contribution in [3.8, 4) is 0 Å². The second-order valence-electron chi connectivity index (χ2n) is 3.54. The maximum absolute atomic E-state index is 12.0. The SMILES string of the molecule is CN(C)Cc1ncc(CC(F)(F)F)cn1. The van der Waals surface area contributed by atoms with Crippen LogP contribution < -0.4 is 0 Å². The third-order valence-corrected chi connectivity index (χ3v) is 1.62. The zero-order valence-electron chi connectivity index (χ0n) is 8.54. The average molecular weight is 219 g/mol. The lowest BCUT2D eigenvalue weighted by molar-refractivity contribution is -0.127. The van der Waals surface area contributed by atoms with Crippen molar-refractivity contribution in [3.63, 3.8) is 0 Å². The van der Waals surface area contributed by atoms with Gasteiger partial charge in [0, 0.05) is 12.4 Å². The third-order valence-electron chi connectivity index (χ3n) is 1.62. The van der Waals surface area contributed by atoms with E-state index in [-0.39, 0.29) is 5.56 Å². The summed E-state index contributed by atoms with van der Waals surface area (Å²) in [5.41, 5.74) is 0.0880. The van der Waals surface area contributed by atoms with E-state index in [2.05, 4.69) is 9.97 Å². The molecule has 1 heterocycles. The van der Waals surface area contributed by atoms with E-state index in [0.29, 0.717) is 12.4 Å². The summed E-state index contributed by atoms with van der Waals surface area (Å²) in [6.07, 6.45) is -2.74. The monoisotopic (exact) mass is 219 g/mol. The molecule has 0 bridgehead atoms. The van der Waals surface area contributed by atoms with Crippen molar-refractivity contribution in [1.29, 1.82) is 0 Å². The lowest BCUT2D eigenvalue weighted by Crippen LogP contribution is -2.15. The second kappa shape index (κ2) is 4.57. The molecule has 3 nitrogen and oxygen atoms in total. The van der Waals surface area contributed by atoms with Crippen LogP contribution in [0.4, 0.5) is 13.2 Å². The highest BCUT2D eigenvalue weighted by Crippen LogP contribution is 2.20. The largest absolute Gasteiger partial charge is 0.393 e. The highest BCUT2D eigenvalue weighted by molar-refractivity contribution is 5.06. The van der Waals surface area contributed by atoms with E-state index in [1.165, 1.54) is 12.4 Å². The fourth-order valence-corrected chi connectivity index (χ4v) is 1.07. The van der Waals surface area contributed by atoms with Crippen LogP contribution in [0.15, 0.2) is 12.4 Å². The van der Waals surface area contributed by atoms with E-state index < -0.39 is 12.6 Å². The fraction of sp³-hybridized carbons (Fsp3) is 0.556. The van der Waals surface area contributed by atoms with Crippen LogP contribution in [0.2, 0.25) is 0 Å². The van der Waals surface area contributed by atoms with Crippen molar-refractivity contribution >= 4 is 0 Å². The molecular weight excluding hydrogens is 207 g/mol. The summed E-state index contributed by atoms with van der Waals surface area (Å²) in [7, 11) is 3.68. The van der Waals surface area contributed by atoms with Crippen molar-refractivity contribution in [2.45, 2.75) is 19.1 Å². The molecule has 1 aromatic rings. The lowest BCUT2D eigenvalue weighted by Gasteiger charge is -2.09. The maximum Gasteiger partial charge on any atom is 0.393 e. The number of hydrogen-bond acceptors (Lipinski definition) is 3. The Hall–Kier alpha value is -1.17. The van der Waals surface area contributed by atoms with Crippen LogP contribution in [-0.4, -0.2) is 35.1 Å². The van der Waals surface area contributed by atoms with Gasteiger partial charge in [-0.05, 0) is 19.7 Å². The topological polar surface area (TPSA) is 29.0 Å². The van der Waals surface area contributed by atoms with Gasteiger partial charge < -0.3 is 4.90 Å². The van der Waals surface area contributed by atoms with Crippen LogP contribution >= 0.6 is 0 Å². The number of nitrogens with zero attached hydrogens (tertiary/aromatic N) is 3. The van der Waals surface area contributed by atoms with E-state index in [1.807, 2.05) is 19.0 Å². The normalized spacial score (nSPS) is 12.1. The zero-order chi connectivity index (χ0) is 11.5. The maximum atomic E-state index is 12.0. The molecule has 0 spiro atoms. The molecule has 0 radical (unpaired) electrons. The van der Waals surface area contributed by atoms with E-state index in [4.69, 9.17) is 0 Å². The quantitative estimate of drug-likeness (QED) is 0.773. The Morgan fingerprint density at radius 3 is 2.13 bits per heavy atom. The number of hydrogen-bond donors (Lipinski definition) is 0. The summed E-state index contributed by atoms with van der Waals surface area (Å²) in [6, 6.07) is 0. The molecule has 0 fully saturated rings. The number of halogens is 3. The molecule has 0 saturated heterocycles. The Bertz CT molecular complexity index is 305. The van der Waals surface area contributed by atoms with E-state index in [0.717, 1.165) is 0 Å². The van der Waals surface area contributed by atoms with Gasteiger partial charge in [-0.25, -0.2) is 9.97 Å². The van der Waals surface area contributed by atoms with Crippen molar-refractivity contribution in [1.82, 2.24) is 14.9 Å². The first-order valence-electron chi connectivity index (χ1n) is 4.38. The third kappa shape index (κ3) is 4.73. The van der Waals surface area contributed by atoms with Crippen LogP contribution in [0.1, 0.15) is 11.4 Å². The molecule has 0 aliphatic rings. The average Bonchev–Trinajstić information content (AvgIpc) is 2.05. The number of alkyl halides is 3. The fourth-order valence-electron chi connectivity index (χ4n) is 1.07. The van der Waals surface area contributed by atoms with Crippen molar-refractivity contribution in [2.24, 2.45) is 0 Å². The summed E-state index contributed by atoms with van der Waals surface area (Å²) >= 11 is 0. The molecule has 1 aromatic heterocycles. The first-order valence-corrected chi connectivity index (χ1v) is 4.38. The predicted octanol–water partition coefficient (Wildman–Crippen LogP) is 1.64. The van der Waals surface area contributed by atoms with Gasteiger partial charge in [0.2, 0.25) is 0 Å². The Balaban J connectivity index is 2.64. The van der Waals surface area contributed by atoms with Gasteiger partial charge in [-0.3, -0.25) is 0 Å². The first kappa shape index (κ1) is 11.9. The summed E-state index contributed by atoms with van der Waals surface area (Å²) in [4.78, 5) is 9.55. The molecule has 84 valence electrons. The van der Waals surface area contributed by atoms with Crippen LogP contribution in [-0.2, 0) is 13.0 Å². The van der Waals surface area contributed by atoms with Crippen molar-refractivity contribution in [2.75, 3.05) is 14.1 Å². The van der Waals surface area contributed by atoms with E-state index in [9.17, 15) is 13.2 Å². The first-order chi connectivity index (χ1) is 6.87. The van der Waals surface area contributed by atoms with Gasteiger partial charge >= 0.3 is 6.18 Å². The highest BCUT2D eigenvalue weighted by Gasteiger charge is 2.27. The Morgan fingerprint density at radius 1 is 1.20 bits per heavy atom. The van der Waals surface area contributed by atoms with Gasteiger partial charge in [0.1, 0.15) is 5.82 Å².